The Morgan fingerprint density at radius 1 is 1.25 bits per heavy atom. The van der Waals surface area contributed by atoms with Gasteiger partial charge < -0.3 is 0 Å². The number of hydrogen-bond acceptors (Lipinski definition) is 2. The van der Waals surface area contributed by atoms with Crippen LogP contribution in [0.2, 0.25) is 0 Å². The minimum Gasteiger partial charge on any atom is -0.212 e. The van der Waals surface area contributed by atoms with Crippen molar-refractivity contribution < 1.29 is 8.42 Å². The summed E-state index contributed by atoms with van der Waals surface area (Å²) >= 11 is 5.49. The highest BCUT2D eigenvalue weighted by Gasteiger charge is 2.17. The third-order valence-electron chi connectivity index (χ3n) is 1.57. The van der Waals surface area contributed by atoms with Crippen LogP contribution in [0.5, 0.6) is 0 Å². The van der Waals surface area contributed by atoms with E-state index in [0.29, 0.717) is 19.0 Å². The van der Waals surface area contributed by atoms with Crippen LogP contribution in [0.25, 0.3) is 0 Å². The van der Waals surface area contributed by atoms with E-state index in [-0.39, 0.29) is 5.75 Å². The Labute approximate surface area is 79.8 Å². The Bertz CT molecular complexity index is 197. The average molecular weight is 214 g/mol. The first kappa shape index (κ1) is 12.2. The fraction of sp³-hybridized carbons (Fsp3) is 1.00. The largest absolute Gasteiger partial charge is 0.213 e. The van der Waals surface area contributed by atoms with Crippen molar-refractivity contribution in [3.8, 4) is 0 Å². The van der Waals surface area contributed by atoms with E-state index in [0.717, 1.165) is 6.42 Å². The molecule has 12 heavy (non-hydrogen) atoms. The Hall–Kier alpha value is 0.200. The number of hydrogen-bond donors (Lipinski definition) is 0. The van der Waals surface area contributed by atoms with Crippen LogP contribution in [0.4, 0.5) is 0 Å². The normalized spacial score (nSPS) is 12.3. The van der Waals surface area contributed by atoms with Crippen molar-refractivity contribution in [3.63, 3.8) is 0 Å². The standard InChI is InChI=1S/C7H16ClNO2S/c1-3-6-9(7-5-8)12(10,11)4-2/h3-7H2,1-2H3. The second-order valence-corrected chi connectivity index (χ2v) is 5.12. The molecule has 74 valence electrons. The smallest absolute Gasteiger partial charge is 0.212 e. The molecule has 0 saturated heterocycles. The first-order valence-electron chi connectivity index (χ1n) is 4.12. The van der Waals surface area contributed by atoms with Crippen molar-refractivity contribution in [1.82, 2.24) is 4.31 Å². The van der Waals surface area contributed by atoms with Crippen molar-refractivity contribution in [1.29, 1.82) is 0 Å². The van der Waals surface area contributed by atoms with Crippen molar-refractivity contribution in [2.45, 2.75) is 20.3 Å². The van der Waals surface area contributed by atoms with Gasteiger partial charge >= 0.3 is 0 Å². The van der Waals surface area contributed by atoms with Crippen LogP contribution in [0.3, 0.4) is 0 Å². The molecule has 0 saturated carbocycles. The third-order valence-corrected chi connectivity index (χ3v) is 3.62. The molecular weight excluding hydrogens is 198 g/mol. The minimum atomic E-state index is -3.04. The molecule has 0 atom stereocenters. The molecule has 0 aromatic carbocycles. The molecule has 0 radical (unpaired) electrons. The lowest BCUT2D eigenvalue weighted by Gasteiger charge is -2.19. The van der Waals surface area contributed by atoms with Gasteiger partial charge in [-0.1, -0.05) is 6.92 Å². The number of halogens is 1. The summed E-state index contributed by atoms with van der Waals surface area (Å²) in [4.78, 5) is 0. The molecule has 0 spiro atoms. The summed E-state index contributed by atoms with van der Waals surface area (Å²) in [6.07, 6.45) is 0.829. The van der Waals surface area contributed by atoms with Gasteiger partial charge in [-0.2, -0.15) is 0 Å². The predicted molar refractivity (Wildman–Crippen MR) is 52.0 cm³/mol. The topological polar surface area (TPSA) is 37.4 Å². The van der Waals surface area contributed by atoms with E-state index in [1.54, 1.807) is 6.92 Å². The average Bonchev–Trinajstić information content (AvgIpc) is 2.04. The predicted octanol–water partition coefficient (Wildman–Crippen LogP) is 1.29. The summed E-state index contributed by atoms with van der Waals surface area (Å²) in [6, 6.07) is 0. The molecule has 5 heteroatoms. The molecule has 0 aromatic rings. The number of nitrogens with zero attached hydrogens (tertiary/aromatic N) is 1. The lowest BCUT2D eigenvalue weighted by atomic mass is 10.5. The summed E-state index contributed by atoms with van der Waals surface area (Å²) < 4.78 is 24.1. The van der Waals surface area contributed by atoms with Gasteiger partial charge in [-0.05, 0) is 13.3 Å². The Balaban J connectivity index is 4.28. The van der Waals surface area contributed by atoms with Crippen molar-refractivity contribution in [2.75, 3.05) is 24.7 Å². The van der Waals surface area contributed by atoms with E-state index in [4.69, 9.17) is 11.6 Å². The number of alkyl halides is 1. The lowest BCUT2D eigenvalue weighted by molar-refractivity contribution is 0.429. The summed E-state index contributed by atoms with van der Waals surface area (Å²) in [5.74, 6) is 0.517. The summed E-state index contributed by atoms with van der Waals surface area (Å²) in [7, 11) is -3.04. The van der Waals surface area contributed by atoms with Gasteiger partial charge in [0.2, 0.25) is 10.0 Å². The molecule has 0 bridgehead atoms. The van der Waals surface area contributed by atoms with Crippen LogP contribution in [0.1, 0.15) is 20.3 Å². The second-order valence-electron chi connectivity index (χ2n) is 2.49. The molecule has 0 aromatic heterocycles. The van der Waals surface area contributed by atoms with E-state index in [9.17, 15) is 8.42 Å². The Morgan fingerprint density at radius 3 is 2.17 bits per heavy atom. The molecule has 3 nitrogen and oxygen atoms in total. The molecule has 0 heterocycles. The maximum absolute atomic E-state index is 11.3. The van der Waals surface area contributed by atoms with Gasteiger partial charge in [0.15, 0.2) is 0 Å². The summed E-state index contributed by atoms with van der Waals surface area (Å²) in [5.41, 5.74) is 0. The molecule has 0 aliphatic heterocycles. The van der Waals surface area contributed by atoms with Crippen molar-refractivity contribution in [3.05, 3.63) is 0 Å². The molecule has 0 amide bonds. The van der Waals surface area contributed by atoms with Crippen LogP contribution in [-0.2, 0) is 10.0 Å². The highest BCUT2D eigenvalue weighted by Crippen LogP contribution is 2.02. The number of sulfonamides is 1. The van der Waals surface area contributed by atoms with Gasteiger partial charge in [0, 0.05) is 19.0 Å². The first-order chi connectivity index (χ1) is 5.58. The zero-order valence-electron chi connectivity index (χ0n) is 7.59. The van der Waals surface area contributed by atoms with Gasteiger partial charge in [-0.25, -0.2) is 12.7 Å². The molecule has 0 aliphatic rings. The van der Waals surface area contributed by atoms with E-state index >= 15 is 0 Å². The zero-order chi connectivity index (χ0) is 9.61. The summed E-state index contributed by atoms with van der Waals surface area (Å²) in [5, 5.41) is 0. The van der Waals surface area contributed by atoms with Crippen LogP contribution >= 0.6 is 11.6 Å². The van der Waals surface area contributed by atoms with Gasteiger partial charge in [0.1, 0.15) is 0 Å². The van der Waals surface area contributed by atoms with Crippen molar-refractivity contribution in [2.24, 2.45) is 0 Å². The van der Waals surface area contributed by atoms with Gasteiger partial charge in [-0.3, -0.25) is 0 Å². The molecule has 0 unspecified atom stereocenters. The third kappa shape index (κ3) is 3.74. The fourth-order valence-corrected chi connectivity index (χ4v) is 2.42. The SMILES string of the molecule is CCCN(CCCl)S(=O)(=O)CC. The number of rotatable bonds is 6. The van der Waals surface area contributed by atoms with Crippen molar-refractivity contribution >= 4 is 21.6 Å². The van der Waals surface area contributed by atoms with Crippen LogP contribution < -0.4 is 0 Å². The first-order valence-corrected chi connectivity index (χ1v) is 6.26. The highest BCUT2D eigenvalue weighted by atomic mass is 35.5. The van der Waals surface area contributed by atoms with Gasteiger partial charge in [0.05, 0.1) is 5.75 Å². The van der Waals surface area contributed by atoms with E-state index in [2.05, 4.69) is 0 Å². The van der Waals surface area contributed by atoms with Gasteiger partial charge in [0.25, 0.3) is 0 Å². The molecular formula is C7H16ClNO2S. The van der Waals surface area contributed by atoms with Crippen LogP contribution in [-0.4, -0.2) is 37.4 Å². The molecule has 0 fully saturated rings. The maximum Gasteiger partial charge on any atom is 0.213 e. The fourth-order valence-electron chi connectivity index (χ4n) is 0.916. The molecule has 0 N–H and O–H groups in total. The minimum absolute atomic E-state index is 0.157. The van der Waals surface area contributed by atoms with Crippen LogP contribution in [0, 0.1) is 0 Å². The Kier molecular flexibility index (Phi) is 5.88. The second kappa shape index (κ2) is 5.78. The zero-order valence-corrected chi connectivity index (χ0v) is 9.16. The van der Waals surface area contributed by atoms with Gasteiger partial charge in [-0.15, -0.1) is 11.6 Å². The van der Waals surface area contributed by atoms with E-state index in [1.165, 1.54) is 4.31 Å². The molecule has 0 rings (SSSR count). The lowest BCUT2D eigenvalue weighted by Crippen LogP contribution is -2.34. The monoisotopic (exact) mass is 213 g/mol. The Morgan fingerprint density at radius 2 is 1.83 bits per heavy atom. The highest BCUT2D eigenvalue weighted by molar-refractivity contribution is 7.89. The van der Waals surface area contributed by atoms with Crippen LogP contribution in [0.15, 0.2) is 0 Å². The molecule has 0 aliphatic carbocycles. The van der Waals surface area contributed by atoms with E-state index in [1.807, 2.05) is 6.92 Å². The quantitative estimate of drug-likeness (QED) is 0.624. The van der Waals surface area contributed by atoms with E-state index < -0.39 is 10.0 Å². The summed E-state index contributed by atoms with van der Waals surface area (Å²) in [6.45, 7) is 4.59. The maximum atomic E-state index is 11.3.